The van der Waals surface area contributed by atoms with Crippen LogP contribution < -0.4 is 11.0 Å². The molecule has 1 aromatic carbocycles. The maximum absolute atomic E-state index is 12.8. The van der Waals surface area contributed by atoms with Crippen molar-refractivity contribution in [2.45, 2.75) is 27.2 Å². The minimum Gasteiger partial charge on any atom is -0.273 e. The molecule has 1 amide bonds. The highest BCUT2D eigenvalue weighted by Gasteiger charge is 2.18. The average molecular weight is 375 g/mol. The fourth-order valence-electron chi connectivity index (χ4n) is 3.20. The van der Waals surface area contributed by atoms with Crippen molar-refractivity contribution < 1.29 is 4.79 Å². The zero-order chi connectivity index (χ0) is 19.8. The van der Waals surface area contributed by atoms with E-state index in [0.717, 1.165) is 23.2 Å². The Labute approximate surface area is 161 Å². The summed E-state index contributed by atoms with van der Waals surface area (Å²) in [5.41, 5.74) is 6.57. The van der Waals surface area contributed by atoms with Crippen molar-refractivity contribution >= 4 is 22.5 Å². The van der Waals surface area contributed by atoms with Gasteiger partial charge in [-0.1, -0.05) is 51.1 Å². The van der Waals surface area contributed by atoms with Gasteiger partial charge in [0.2, 0.25) is 5.91 Å². The molecule has 28 heavy (non-hydrogen) atoms. The van der Waals surface area contributed by atoms with E-state index in [1.54, 1.807) is 36.8 Å². The van der Waals surface area contributed by atoms with Gasteiger partial charge in [-0.25, -0.2) is 14.2 Å². The molecule has 3 heterocycles. The van der Waals surface area contributed by atoms with E-state index in [9.17, 15) is 9.59 Å². The third-order valence-corrected chi connectivity index (χ3v) is 4.74. The van der Waals surface area contributed by atoms with E-state index in [1.165, 1.54) is 4.68 Å². The van der Waals surface area contributed by atoms with E-state index in [0.29, 0.717) is 16.6 Å². The smallest absolute Gasteiger partial charge is 0.273 e. The van der Waals surface area contributed by atoms with Crippen LogP contribution in [0.2, 0.25) is 0 Å². The number of nitrogens with zero attached hydrogens (tertiary/aromatic N) is 4. The summed E-state index contributed by atoms with van der Waals surface area (Å²) in [6.07, 6.45) is 3.86. The van der Waals surface area contributed by atoms with E-state index in [-0.39, 0.29) is 17.4 Å². The number of nitrogens with one attached hydrogen (secondary N) is 1. The molecule has 3 aromatic heterocycles. The number of rotatable bonds is 4. The third kappa shape index (κ3) is 2.85. The highest BCUT2D eigenvalue weighted by molar-refractivity contribution is 5.88. The van der Waals surface area contributed by atoms with Gasteiger partial charge < -0.3 is 0 Å². The van der Waals surface area contributed by atoms with Crippen LogP contribution in [0.5, 0.6) is 0 Å². The Morgan fingerprint density at radius 3 is 2.61 bits per heavy atom. The lowest BCUT2D eigenvalue weighted by Gasteiger charge is -2.11. The summed E-state index contributed by atoms with van der Waals surface area (Å²) in [5, 5.41) is 5.11. The largest absolute Gasteiger partial charge is 0.280 e. The van der Waals surface area contributed by atoms with Gasteiger partial charge in [-0.15, -0.1) is 0 Å². The first-order valence-corrected chi connectivity index (χ1v) is 9.29. The van der Waals surface area contributed by atoms with Crippen LogP contribution in [0.15, 0.2) is 53.6 Å². The molecule has 0 aliphatic heterocycles. The van der Waals surface area contributed by atoms with Crippen LogP contribution in [-0.4, -0.2) is 25.2 Å². The topological polar surface area (TPSA) is 81.3 Å². The predicted molar refractivity (Wildman–Crippen MR) is 109 cm³/mol. The number of aryl methyl sites for hydroxylation is 1. The summed E-state index contributed by atoms with van der Waals surface area (Å²) in [5.74, 6) is -0.455. The fraction of sp³-hybridized carbons (Fsp3) is 0.238. The zero-order valence-corrected chi connectivity index (χ0v) is 16.0. The van der Waals surface area contributed by atoms with Crippen LogP contribution in [0.1, 0.15) is 26.5 Å². The molecule has 0 unspecified atom stereocenters. The zero-order valence-electron chi connectivity index (χ0n) is 16.0. The molecule has 0 bridgehead atoms. The molecule has 0 saturated heterocycles. The molecule has 0 fully saturated rings. The summed E-state index contributed by atoms with van der Waals surface area (Å²) in [6.45, 7) is 5.59. The van der Waals surface area contributed by atoms with Crippen LogP contribution in [0.3, 0.4) is 0 Å². The molecule has 7 nitrogen and oxygen atoms in total. The first-order valence-electron chi connectivity index (χ1n) is 9.29. The summed E-state index contributed by atoms with van der Waals surface area (Å²) in [7, 11) is 0. The van der Waals surface area contributed by atoms with Crippen molar-refractivity contribution in [3.63, 3.8) is 0 Å². The van der Waals surface area contributed by atoms with Gasteiger partial charge in [0.25, 0.3) is 5.56 Å². The Morgan fingerprint density at radius 1 is 1.18 bits per heavy atom. The van der Waals surface area contributed by atoms with Crippen LogP contribution in [0.25, 0.3) is 27.7 Å². The number of hydrogen-bond donors (Lipinski definition) is 1. The van der Waals surface area contributed by atoms with Crippen molar-refractivity contribution in [3.8, 4) is 11.1 Å². The molecule has 142 valence electrons. The number of pyridine rings is 1. The van der Waals surface area contributed by atoms with E-state index in [2.05, 4.69) is 10.4 Å². The summed E-state index contributed by atoms with van der Waals surface area (Å²) in [4.78, 5) is 29.3. The molecule has 0 radical (unpaired) electrons. The first kappa shape index (κ1) is 17.9. The second-order valence-electron chi connectivity index (χ2n) is 6.96. The van der Waals surface area contributed by atoms with Crippen molar-refractivity contribution in [2.24, 2.45) is 5.92 Å². The van der Waals surface area contributed by atoms with Crippen LogP contribution in [0.4, 0.5) is 0 Å². The number of fused-ring (bicyclic) bond motifs is 3. The monoisotopic (exact) mass is 375 g/mol. The third-order valence-electron chi connectivity index (χ3n) is 4.74. The van der Waals surface area contributed by atoms with Crippen LogP contribution in [-0.2, 0) is 11.2 Å². The van der Waals surface area contributed by atoms with Crippen LogP contribution >= 0.6 is 0 Å². The summed E-state index contributed by atoms with van der Waals surface area (Å²) >= 11 is 0. The molecular formula is C21H21N5O2. The van der Waals surface area contributed by atoms with E-state index < -0.39 is 0 Å². The van der Waals surface area contributed by atoms with Crippen molar-refractivity contribution in [1.29, 1.82) is 0 Å². The molecular weight excluding hydrogens is 354 g/mol. The number of amides is 1. The molecule has 0 atom stereocenters. The van der Waals surface area contributed by atoms with E-state index in [1.807, 2.05) is 37.3 Å². The molecule has 0 saturated carbocycles. The van der Waals surface area contributed by atoms with E-state index >= 15 is 0 Å². The van der Waals surface area contributed by atoms with Gasteiger partial charge in [0, 0.05) is 23.9 Å². The Morgan fingerprint density at radius 2 is 1.93 bits per heavy atom. The number of carbonyl (C=O) groups is 1. The molecule has 7 heteroatoms. The SMILES string of the molecule is CCc1nn2c(ncc3c(=O)n(NC(=O)C(C)C)ccc32)c1-c1ccccc1. The van der Waals surface area contributed by atoms with Crippen molar-refractivity contribution in [1.82, 2.24) is 19.3 Å². The number of carbonyl (C=O) groups excluding carboxylic acids is 1. The minimum absolute atomic E-state index is 0.227. The Balaban J connectivity index is 1.94. The normalized spacial score (nSPS) is 11.4. The molecule has 0 aliphatic carbocycles. The van der Waals surface area contributed by atoms with E-state index in [4.69, 9.17) is 5.10 Å². The van der Waals surface area contributed by atoms with Gasteiger partial charge in [0.05, 0.1) is 16.6 Å². The Kier molecular flexibility index (Phi) is 4.43. The van der Waals surface area contributed by atoms with Gasteiger partial charge in [0.15, 0.2) is 5.65 Å². The van der Waals surface area contributed by atoms with Gasteiger partial charge >= 0.3 is 0 Å². The highest BCUT2D eigenvalue weighted by atomic mass is 16.2. The number of benzene rings is 1. The lowest BCUT2D eigenvalue weighted by Crippen LogP contribution is -2.35. The van der Waals surface area contributed by atoms with Crippen molar-refractivity contribution in [3.05, 3.63) is 64.8 Å². The van der Waals surface area contributed by atoms with Gasteiger partial charge in [0.1, 0.15) is 0 Å². The average Bonchev–Trinajstić information content (AvgIpc) is 3.09. The van der Waals surface area contributed by atoms with Gasteiger partial charge in [-0.05, 0) is 18.1 Å². The minimum atomic E-state index is -0.337. The lowest BCUT2D eigenvalue weighted by molar-refractivity contribution is -0.119. The molecule has 4 aromatic rings. The van der Waals surface area contributed by atoms with Gasteiger partial charge in [-0.2, -0.15) is 5.10 Å². The molecule has 4 rings (SSSR count). The number of aromatic nitrogens is 4. The Bertz CT molecular complexity index is 1240. The predicted octanol–water partition coefficient (Wildman–Crippen LogP) is 3.00. The number of hydrogen-bond acceptors (Lipinski definition) is 4. The van der Waals surface area contributed by atoms with Gasteiger partial charge in [-0.3, -0.25) is 15.0 Å². The maximum atomic E-state index is 12.8. The van der Waals surface area contributed by atoms with Crippen LogP contribution in [0, 0.1) is 5.92 Å². The second-order valence-corrected chi connectivity index (χ2v) is 6.96. The fourth-order valence-corrected chi connectivity index (χ4v) is 3.20. The lowest BCUT2D eigenvalue weighted by atomic mass is 10.0. The second kappa shape index (κ2) is 6.92. The molecule has 1 N–H and O–H groups in total. The first-order chi connectivity index (χ1) is 13.5. The quantitative estimate of drug-likeness (QED) is 0.594. The summed E-state index contributed by atoms with van der Waals surface area (Å²) in [6, 6.07) is 11.8. The maximum Gasteiger partial charge on any atom is 0.280 e. The molecule has 0 aliphatic rings. The summed E-state index contributed by atoms with van der Waals surface area (Å²) < 4.78 is 2.91. The Hall–Kier alpha value is -3.48. The standard InChI is InChI=1S/C21H21N5O2/c1-4-16-18(14-8-6-5-7-9-14)19-22-12-15-17(26(19)23-16)10-11-25(21(15)28)24-20(27)13(2)3/h5-13H,4H2,1-3H3,(H,24,27). The molecule has 0 spiro atoms. The highest BCUT2D eigenvalue weighted by Crippen LogP contribution is 2.29. The van der Waals surface area contributed by atoms with Crippen molar-refractivity contribution in [2.75, 3.05) is 5.43 Å².